The Kier molecular flexibility index (Phi) is 7.64. The number of rotatable bonds is 6. The first-order valence-electron chi connectivity index (χ1n) is 7.66. The summed E-state index contributed by atoms with van der Waals surface area (Å²) in [6, 6.07) is 0. The first-order chi connectivity index (χ1) is 10.4. The molecule has 1 saturated heterocycles. The van der Waals surface area contributed by atoms with Gasteiger partial charge in [-0.25, -0.2) is 8.42 Å². The zero-order valence-electron chi connectivity index (χ0n) is 13.7. The highest BCUT2D eigenvalue weighted by Gasteiger charge is 2.26. The Morgan fingerprint density at radius 3 is 2.50 bits per heavy atom. The molecule has 0 aromatic rings. The normalized spacial score (nSPS) is 17.4. The number of carbonyl (C=O) groups excluding carboxylic acids is 1. The van der Waals surface area contributed by atoms with E-state index < -0.39 is 9.84 Å². The molecule has 1 rings (SSSR count). The van der Waals surface area contributed by atoms with Crippen LogP contribution in [-0.4, -0.2) is 70.5 Å². The van der Waals surface area contributed by atoms with Crippen molar-refractivity contribution >= 4 is 21.8 Å². The van der Waals surface area contributed by atoms with Crippen molar-refractivity contribution in [2.75, 3.05) is 45.3 Å². The highest BCUT2D eigenvalue weighted by molar-refractivity contribution is 7.90. The number of ether oxygens (including phenoxy) is 1. The molecule has 1 aliphatic rings. The van der Waals surface area contributed by atoms with Crippen LogP contribution >= 0.6 is 0 Å². The Labute approximate surface area is 133 Å². The first-order valence-corrected chi connectivity index (χ1v) is 9.72. The lowest BCUT2D eigenvalue weighted by Crippen LogP contribution is -2.46. The van der Waals surface area contributed by atoms with Crippen molar-refractivity contribution in [1.29, 1.82) is 0 Å². The predicted molar refractivity (Wildman–Crippen MR) is 86.6 cm³/mol. The van der Waals surface area contributed by atoms with Gasteiger partial charge in [-0.15, -0.1) is 0 Å². The number of piperidine rings is 1. The molecule has 0 spiro atoms. The molecule has 0 aromatic heterocycles. The number of hydrogen-bond acceptors (Lipinski definition) is 5. The molecule has 128 valence electrons. The largest absolute Gasteiger partial charge is 0.469 e. The van der Waals surface area contributed by atoms with Crippen LogP contribution in [0.25, 0.3) is 0 Å². The predicted octanol–water partition coefficient (Wildman–Crippen LogP) is 0.272. The molecule has 0 bridgehead atoms. The first kappa shape index (κ1) is 18.7. The van der Waals surface area contributed by atoms with E-state index in [1.807, 2.05) is 6.92 Å². The highest BCUT2D eigenvalue weighted by Crippen LogP contribution is 2.18. The van der Waals surface area contributed by atoms with Gasteiger partial charge >= 0.3 is 5.97 Å². The molecule has 8 heteroatoms. The van der Waals surface area contributed by atoms with E-state index in [-0.39, 0.29) is 17.6 Å². The standard InChI is InChI=1S/C14H27N3O4S/c1-4-15-14(16-8-5-11-22(3,19)20)17-9-6-12(7-10-17)13(18)21-2/h12H,4-11H2,1-3H3,(H,15,16). The fourth-order valence-corrected chi connectivity index (χ4v) is 3.08. The lowest BCUT2D eigenvalue weighted by Gasteiger charge is -2.33. The van der Waals surface area contributed by atoms with Crippen molar-refractivity contribution in [1.82, 2.24) is 10.2 Å². The number of likely N-dealkylation sites (tertiary alicyclic amines) is 1. The van der Waals surface area contributed by atoms with Crippen molar-refractivity contribution in [3.8, 4) is 0 Å². The molecule has 22 heavy (non-hydrogen) atoms. The second-order valence-corrected chi connectivity index (χ2v) is 7.76. The summed E-state index contributed by atoms with van der Waals surface area (Å²) >= 11 is 0. The van der Waals surface area contributed by atoms with E-state index in [0.717, 1.165) is 38.4 Å². The van der Waals surface area contributed by atoms with Crippen LogP contribution in [-0.2, 0) is 19.4 Å². The zero-order chi connectivity index (χ0) is 16.6. The number of nitrogens with zero attached hydrogens (tertiary/aromatic N) is 2. The molecule has 0 saturated carbocycles. The minimum absolute atomic E-state index is 0.0330. The van der Waals surface area contributed by atoms with E-state index in [1.165, 1.54) is 13.4 Å². The van der Waals surface area contributed by atoms with Crippen molar-refractivity contribution in [2.24, 2.45) is 10.9 Å². The molecule has 0 aliphatic carbocycles. The van der Waals surface area contributed by atoms with Crippen molar-refractivity contribution in [3.05, 3.63) is 0 Å². The summed E-state index contributed by atoms with van der Waals surface area (Å²) in [5.41, 5.74) is 0. The second kappa shape index (κ2) is 8.97. The average molecular weight is 333 g/mol. The van der Waals surface area contributed by atoms with Crippen LogP contribution in [0.2, 0.25) is 0 Å². The fraction of sp³-hybridized carbons (Fsp3) is 0.857. The van der Waals surface area contributed by atoms with Crippen LogP contribution in [0.5, 0.6) is 0 Å². The van der Waals surface area contributed by atoms with Gasteiger partial charge < -0.3 is 15.0 Å². The van der Waals surface area contributed by atoms with Gasteiger partial charge in [0.15, 0.2) is 5.96 Å². The quantitative estimate of drug-likeness (QED) is 0.325. The third-order valence-corrected chi connectivity index (χ3v) is 4.63. The summed E-state index contributed by atoms with van der Waals surface area (Å²) in [5.74, 6) is 0.767. The maximum Gasteiger partial charge on any atom is 0.308 e. The number of aliphatic imine (C=N–C) groups is 1. The topological polar surface area (TPSA) is 88.1 Å². The van der Waals surface area contributed by atoms with Gasteiger partial charge in [-0.1, -0.05) is 0 Å². The molecule has 1 heterocycles. The number of sulfone groups is 1. The fourth-order valence-electron chi connectivity index (χ4n) is 2.43. The highest BCUT2D eigenvalue weighted by atomic mass is 32.2. The van der Waals surface area contributed by atoms with Gasteiger partial charge in [-0.05, 0) is 26.2 Å². The van der Waals surface area contributed by atoms with Crippen LogP contribution in [0, 0.1) is 5.92 Å². The number of methoxy groups -OCH3 is 1. The van der Waals surface area contributed by atoms with E-state index in [9.17, 15) is 13.2 Å². The third kappa shape index (κ3) is 6.64. The number of guanidine groups is 1. The molecule has 1 fully saturated rings. The Balaban J connectivity index is 2.51. The summed E-state index contributed by atoms with van der Waals surface area (Å²) in [7, 11) is -1.51. The van der Waals surface area contributed by atoms with Crippen LogP contribution < -0.4 is 5.32 Å². The summed E-state index contributed by atoms with van der Waals surface area (Å²) in [5, 5.41) is 3.22. The van der Waals surface area contributed by atoms with Gasteiger partial charge in [0.1, 0.15) is 9.84 Å². The zero-order valence-corrected chi connectivity index (χ0v) is 14.5. The van der Waals surface area contributed by atoms with Crippen LogP contribution in [0.3, 0.4) is 0 Å². The Bertz CT molecular complexity index is 482. The number of esters is 1. The molecular formula is C14H27N3O4S. The number of carbonyl (C=O) groups is 1. The van der Waals surface area contributed by atoms with Gasteiger partial charge in [0.2, 0.25) is 0 Å². The van der Waals surface area contributed by atoms with Gasteiger partial charge in [0.25, 0.3) is 0 Å². The Morgan fingerprint density at radius 2 is 2.00 bits per heavy atom. The molecule has 0 radical (unpaired) electrons. The minimum Gasteiger partial charge on any atom is -0.469 e. The Morgan fingerprint density at radius 1 is 1.36 bits per heavy atom. The Hall–Kier alpha value is -1.31. The molecule has 0 unspecified atom stereocenters. The summed E-state index contributed by atoms with van der Waals surface area (Å²) in [6.07, 6.45) is 3.26. The smallest absolute Gasteiger partial charge is 0.308 e. The molecular weight excluding hydrogens is 306 g/mol. The van der Waals surface area contributed by atoms with E-state index >= 15 is 0 Å². The molecule has 7 nitrogen and oxygen atoms in total. The monoisotopic (exact) mass is 333 g/mol. The van der Waals surface area contributed by atoms with Crippen LogP contribution in [0.4, 0.5) is 0 Å². The average Bonchev–Trinajstić information content (AvgIpc) is 2.49. The summed E-state index contributed by atoms with van der Waals surface area (Å²) in [6.45, 7) is 4.72. The van der Waals surface area contributed by atoms with Gasteiger partial charge in [-0.2, -0.15) is 0 Å². The van der Waals surface area contributed by atoms with E-state index in [1.54, 1.807) is 0 Å². The third-order valence-electron chi connectivity index (χ3n) is 3.60. The lowest BCUT2D eigenvalue weighted by atomic mass is 9.97. The van der Waals surface area contributed by atoms with E-state index in [4.69, 9.17) is 4.74 Å². The molecule has 1 aliphatic heterocycles. The summed E-state index contributed by atoms with van der Waals surface area (Å²) < 4.78 is 27.0. The minimum atomic E-state index is -2.93. The van der Waals surface area contributed by atoms with Crippen LogP contribution in [0.1, 0.15) is 26.2 Å². The van der Waals surface area contributed by atoms with Crippen molar-refractivity contribution in [3.63, 3.8) is 0 Å². The van der Waals surface area contributed by atoms with E-state index in [0.29, 0.717) is 13.0 Å². The van der Waals surface area contributed by atoms with Crippen LogP contribution in [0.15, 0.2) is 4.99 Å². The molecule has 0 amide bonds. The van der Waals surface area contributed by atoms with E-state index in [2.05, 4.69) is 15.2 Å². The van der Waals surface area contributed by atoms with Crippen molar-refractivity contribution < 1.29 is 17.9 Å². The second-order valence-electron chi connectivity index (χ2n) is 5.50. The van der Waals surface area contributed by atoms with Gasteiger partial charge in [0, 0.05) is 32.4 Å². The maximum atomic E-state index is 11.5. The number of nitrogens with one attached hydrogen (secondary N) is 1. The maximum absolute atomic E-state index is 11.5. The SMILES string of the molecule is CCNC(=NCCCS(C)(=O)=O)N1CCC(C(=O)OC)CC1. The summed E-state index contributed by atoms with van der Waals surface area (Å²) in [4.78, 5) is 18.1. The molecule has 1 N–H and O–H groups in total. The molecule has 0 aromatic carbocycles. The van der Waals surface area contributed by atoms with Crippen molar-refractivity contribution in [2.45, 2.75) is 26.2 Å². The lowest BCUT2D eigenvalue weighted by molar-refractivity contribution is -0.146. The van der Waals surface area contributed by atoms with Gasteiger partial charge in [-0.3, -0.25) is 9.79 Å². The number of hydrogen-bond donors (Lipinski definition) is 1. The molecule has 0 atom stereocenters. The van der Waals surface area contributed by atoms with Gasteiger partial charge in [0.05, 0.1) is 18.8 Å².